The molecule has 0 saturated carbocycles. The number of nitrogens with zero attached hydrogens (tertiary/aromatic N) is 3. The van der Waals surface area contributed by atoms with E-state index in [0.29, 0.717) is 37.8 Å². The zero-order chi connectivity index (χ0) is 28.4. The molecule has 0 radical (unpaired) electrons. The maximum atomic E-state index is 11.8. The molecule has 0 fully saturated rings. The lowest BCUT2D eigenvalue weighted by Crippen LogP contribution is -2.27. The molecule has 0 unspecified atom stereocenters. The number of carbonyl (C=O) groups is 1. The van der Waals surface area contributed by atoms with Gasteiger partial charge in [0, 0.05) is 18.7 Å². The second kappa shape index (κ2) is 11.1. The van der Waals surface area contributed by atoms with Crippen LogP contribution in [-0.4, -0.2) is 25.9 Å². The van der Waals surface area contributed by atoms with Crippen molar-refractivity contribution in [3.63, 3.8) is 0 Å². The average Bonchev–Trinajstić information content (AvgIpc) is 3.49. The summed E-state index contributed by atoms with van der Waals surface area (Å²) in [7, 11) is 0. The van der Waals surface area contributed by atoms with Crippen molar-refractivity contribution in [2.75, 3.05) is 0 Å². The van der Waals surface area contributed by atoms with Crippen LogP contribution in [0.3, 0.4) is 0 Å². The number of aryl methyl sites for hydroxylation is 3. The Bertz CT molecular complexity index is 1590. The lowest BCUT2D eigenvalue weighted by atomic mass is 9.82. The SMILES string of the molecule is Cc1cc(CN(Cc2nc3ccccc3o2)Cc2nc(-c3ccccc3)oc2C)cc(C)c1CC(C)(C)C(=O)O. The standard InChI is InChI=1S/C33H35N3O4/c1-21-15-24(16-22(2)26(21)17-33(4,5)32(37)38)18-36(20-30-34-27-13-9-10-14-29(27)40-30)19-28-23(3)39-31(35-28)25-11-7-6-8-12-25/h6-16H,17-20H2,1-5H3,(H,37,38). The van der Waals surface area contributed by atoms with E-state index in [2.05, 4.69) is 30.9 Å². The number of para-hydroxylation sites is 2. The molecule has 40 heavy (non-hydrogen) atoms. The largest absolute Gasteiger partial charge is 0.481 e. The maximum absolute atomic E-state index is 11.8. The van der Waals surface area contributed by atoms with Gasteiger partial charge in [-0.05, 0) is 87.6 Å². The zero-order valence-electron chi connectivity index (χ0n) is 23.7. The Morgan fingerprint density at radius 1 is 0.875 bits per heavy atom. The van der Waals surface area contributed by atoms with Crippen LogP contribution in [0.15, 0.2) is 75.6 Å². The Balaban J connectivity index is 1.44. The highest BCUT2D eigenvalue weighted by Crippen LogP contribution is 2.29. The fourth-order valence-electron chi connectivity index (χ4n) is 5.07. The molecule has 3 aromatic carbocycles. The molecule has 1 N–H and O–H groups in total. The van der Waals surface area contributed by atoms with Gasteiger partial charge in [-0.25, -0.2) is 9.97 Å². The van der Waals surface area contributed by atoms with E-state index in [1.54, 1.807) is 13.8 Å². The van der Waals surface area contributed by atoms with Crippen LogP contribution in [-0.2, 0) is 30.8 Å². The van der Waals surface area contributed by atoms with E-state index in [4.69, 9.17) is 18.8 Å². The molecule has 0 aliphatic rings. The van der Waals surface area contributed by atoms with Gasteiger partial charge in [0.2, 0.25) is 11.8 Å². The molecule has 0 saturated heterocycles. The van der Waals surface area contributed by atoms with Gasteiger partial charge >= 0.3 is 5.97 Å². The molecule has 2 aromatic heterocycles. The summed E-state index contributed by atoms with van der Waals surface area (Å²) in [6.45, 7) is 11.3. The summed E-state index contributed by atoms with van der Waals surface area (Å²) in [5, 5.41) is 9.65. The Labute approximate surface area is 234 Å². The topological polar surface area (TPSA) is 92.6 Å². The quantitative estimate of drug-likeness (QED) is 0.200. The van der Waals surface area contributed by atoms with Crippen LogP contribution in [0.2, 0.25) is 0 Å². The predicted octanol–water partition coefficient (Wildman–Crippen LogP) is 7.26. The van der Waals surface area contributed by atoms with Gasteiger partial charge in [-0.1, -0.05) is 42.5 Å². The average molecular weight is 538 g/mol. The molecule has 0 bridgehead atoms. The summed E-state index contributed by atoms with van der Waals surface area (Å²) in [4.78, 5) is 23.6. The van der Waals surface area contributed by atoms with Crippen molar-refractivity contribution < 1.29 is 18.7 Å². The molecule has 0 aliphatic carbocycles. The van der Waals surface area contributed by atoms with E-state index in [9.17, 15) is 9.90 Å². The summed E-state index contributed by atoms with van der Waals surface area (Å²) in [6, 6.07) is 22.0. The number of fused-ring (bicyclic) bond motifs is 1. The number of benzene rings is 3. The third-order valence-electron chi connectivity index (χ3n) is 7.34. The lowest BCUT2D eigenvalue weighted by molar-refractivity contribution is -0.146. The van der Waals surface area contributed by atoms with E-state index < -0.39 is 11.4 Å². The highest BCUT2D eigenvalue weighted by Gasteiger charge is 2.29. The number of hydrogen-bond donors (Lipinski definition) is 1. The molecule has 206 valence electrons. The van der Waals surface area contributed by atoms with Gasteiger partial charge in [-0.15, -0.1) is 0 Å². The highest BCUT2D eigenvalue weighted by molar-refractivity contribution is 5.74. The first-order valence-electron chi connectivity index (χ1n) is 13.5. The number of rotatable bonds is 10. The van der Waals surface area contributed by atoms with Crippen LogP contribution in [0.4, 0.5) is 0 Å². The molecule has 0 aliphatic heterocycles. The van der Waals surface area contributed by atoms with Crippen molar-refractivity contribution in [1.82, 2.24) is 14.9 Å². The van der Waals surface area contributed by atoms with E-state index in [-0.39, 0.29) is 0 Å². The van der Waals surface area contributed by atoms with Gasteiger partial charge in [-0.3, -0.25) is 9.69 Å². The molecular formula is C33H35N3O4. The second-order valence-corrected chi connectivity index (χ2v) is 11.2. The Morgan fingerprint density at radius 3 is 2.23 bits per heavy atom. The monoisotopic (exact) mass is 537 g/mol. The molecule has 0 amide bonds. The summed E-state index contributed by atoms with van der Waals surface area (Å²) >= 11 is 0. The summed E-state index contributed by atoms with van der Waals surface area (Å²) < 4.78 is 12.1. The van der Waals surface area contributed by atoms with Gasteiger partial charge in [0.25, 0.3) is 0 Å². The third kappa shape index (κ3) is 6.00. The fourth-order valence-corrected chi connectivity index (χ4v) is 5.07. The molecule has 7 nitrogen and oxygen atoms in total. The first kappa shape index (κ1) is 27.3. The van der Waals surface area contributed by atoms with Gasteiger partial charge < -0.3 is 13.9 Å². The van der Waals surface area contributed by atoms with Gasteiger partial charge in [0.05, 0.1) is 17.7 Å². The van der Waals surface area contributed by atoms with Crippen LogP contribution < -0.4 is 0 Å². The number of carboxylic acid groups (broad SMARTS) is 1. The first-order chi connectivity index (χ1) is 19.1. The summed E-state index contributed by atoms with van der Waals surface area (Å²) in [5.74, 6) is 1.23. The minimum absolute atomic E-state index is 0.479. The van der Waals surface area contributed by atoms with Gasteiger partial charge in [0.1, 0.15) is 11.3 Å². The van der Waals surface area contributed by atoms with E-state index in [0.717, 1.165) is 50.4 Å². The highest BCUT2D eigenvalue weighted by atomic mass is 16.4. The third-order valence-corrected chi connectivity index (χ3v) is 7.34. The van der Waals surface area contributed by atoms with E-state index in [1.165, 1.54) is 0 Å². The van der Waals surface area contributed by atoms with Gasteiger partial charge in [-0.2, -0.15) is 0 Å². The number of aromatic nitrogens is 2. The summed E-state index contributed by atoms with van der Waals surface area (Å²) in [5.41, 5.74) is 6.96. The number of aliphatic carboxylic acids is 1. The second-order valence-electron chi connectivity index (χ2n) is 11.2. The van der Waals surface area contributed by atoms with Crippen molar-refractivity contribution in [3.05, 3.63) is 106 Å². The molecule has 0 atom stereocenters. The van der Waals surface area contributed by atoms with Crippen LogP contribution in [0.25, 0.3) is 22.6 Å². The Kier molecular flexibility index (Phi) is 7.59. The molecular weight excluding hydrogens is 502 g/mol. The summed E-state index contributed by atoms with van der Waals surface area (Å²) in [6.07, 6.45) is 0.479. The number of oxazole rings is 2. The molecule has 2 heterocycles. The normalized spacial score (nSPS) is 11.9. The lowest BCUT2D eigenvalue weighted by Gasteiger charge is -2.24. The molecule has 5 rings (SSSR count). The molecule has 5 aromatic rings. The Morgan fingerprint density at radius 2 is 1.55 bits per heavy atom. The molecule has 7 heteroatoms. The Hall–Kier alpha value is -4.23. The van der Waals surface area contributed by atoms with E-state index in [1.807, 2.05) is 61.5 Å². The van der Waals surface area contributed by atoms with Crippen molar-refractivity contribution in [3.8, 4) is 11.5 Å². The maximum Gasteiger partial charge on any atom is 0.309 e. The molecule has 0 spiro atoms. The minimum atomic E-state index is -0.836. The van der Waals surface area contributed by atoms with E-state index >= 15 is 0 Å². The van der Waals surface area contributed by atoms with Crippen LogP contribution in [0.1, 0.15) is 53.4 Å². The van der Waals surface area contributed by atoms with Crippen molar-refractivity contribution in [1.29, 1.82) is 0 Å². The fraction of sp³-hybridized carbons (Fsp3) is 0.303. The predicted molar refractivity (Wildman–Crippen MR) is 155 cm³/mol. The number of hydrogen-bond acceptors (Lipinski definition) is 6. The van der Waals surface area contributed by atoms with Crippen LogP contribution in [0, 0.1) is 26.2 Å². The van der Waals surface area contributed by atoms with Crippen LogP contribution in [0.5, 0.6) is 0 Å². The zero-order valence-corrected chi connectivity index (χ0v) is 23.7. The van der Waals surface area contributed by atoms with Crippen molar-refractivity contribution in [2.24, 2.45) is 5.41 Å². The first-order valence-corrected chi connectivity index (χ1v) is 13.5. The smallest absolute Gasteiger partial charge is 0.309 e. The van der Waals surface area contributed by atoms with Gasteiger partial charge in [0.15, 0.2) is 5.58 Å². The van der Waals surface area contributed by atoms with Crippen LogP contribution >= 0.6 is 0 Å². The van der Waals surface area contributed by atoms with Crippen molar-refractivity contribution >= 4 is 17.1 Å². The number of carboxylic acids is 1. The minimum Gasteiger partial charge on any atom is -0.481 e. The van der Waals surface area contributed by atoms with Crippen molar-refractivity contribution in [2.45, 2.75) is 60.7 Å².